The molecule has 156 valence electrons. The van der Waals surface area contributed by atoms with E-state index in [1.807, 2.05) is 41.3 Å². The lowest BCUT2D eigenvalue weighted by atomic mass is 10.0. The monoisotopic (exact) mass is 424 g/mol. The van der Waals surface area contributed by atoms with Crippen molar-refractivity contribution in [2.45, 2.75) is 37.3 Å². The number of thioether (sulfide) groups is 1. The number of carbonyl (C=O) groups is 1. The maximum absolute atomic E-state index is 12.5. The Balaban J connectivity index is 1.37. The number of methoxy groups -OCH3 is 1. The third-order valence-corrected chi connectivity index (χ3v) is 6.15. The van der Waals surface area contributed by atoms with E-state index in [4.69, 9.17) is 9.26 Å². The third kappa shape index (κ3) is 4.64. The van der Waals surface area contributed by atoms with Gasteiger partial charge in [-0.05, 0) is 62.6 Å². The Labute approximate surface area is 179 Å². The van der Waals surface area contributed by atoms with Gasteiger partial charge in [0.25, 0.3) is 5.89 Å². The van der Waals surface area contributed by atoms with Crippen LogP contribution in [0.1, 0.15) is 26.2 Å². The molecule has 1 saturated heterocycles. The number of hydrogen-bond donors (Lipinski definition) is 0. The number of nitrogens with zero attached hydrogens (tertiary/aromatic N) is 4. The van der Waals surface area contributed by atoms with Crippen LogP contribution in [0, 0.1) is 0 Å². The first-order valence-electron chi connectivity index (χ1n) is 10.0. The number of rotatable bonds is 6. The highest BCUT2D eigenvalue weighted by molar-refractivity contribution is 7.99. The lowest BCUT2D eigenvalue weighted by Gasteiger charge is -2.33. The molecule has 4 rings (SSSR count). The summed E-state index contributed by atoms with van der Waals surface area (Å²) in [6, 6.07) is 11.6. The Morgan fingerprint density at radius 1 is 1.20 bits per heavy atom. The van der Waals surface area contributed by atoms with Crippen LogP contribution in [0.3, 0.4) is 0 Å². The van der Waals surface area contributed by atoms with Crippen LogP contribution >= 0.6 is 11.8 Å². The Morgan fingerprint density at radius 3 is 2.70 bits per heavy atom. The number of benzene rings is 1. The summed E-state index contributed by atoms with van der Waals surface area (Å²) in [5, 5.41) is 4.85. The van der Waals surface area contributed by atoms with Gasteiger partial charge in [0.2, 0.25) is 11.7 Å². The first-order chi connectivity index (χ1) is 14.6. The third-order valence-electron chi connectivity index (χ3n) is 5.22. The molecule has 1 aromatic carbocycles. The molecule has 30 heavy (non-hydrogen) atoms. The van der Waals surface area contributed by atoms with Gasteiger partial charge < -0.3 is 14.2 Å². The molecule has 8 heteroatoms. The molecule has 0 saturated carbocycles. The average Bonchev–Trinajstić information content (AvgIpc) is 3.28. The molecular formula is C22H24N4O3S. The number of aromatic nitrogens is 3. The smallest absolute Gasteiger partial charge is 0.259 e. The highest BCUT2D eigenvalue weighted by Gasteiger charge is 2.23. The molecule has 0 N–H and O–H groups in total. The number of ether oxygens (including phenoxy) is 1. The standard InChI is InChI=1S/C22H24N4O3S/c1-15-5-3-4-12-26(15)20(27)14-30-19-11-8-17(13-23-19)22-24-21(25-29-22)16-6-9-18(28-2)10-7-16/h6-11,13,15H,3-5,12,14H2,1-2H3/t15-/m0/s1. The van der Waals surface area contributed by atoms with Crippen molar-refractivity contribution in [3.8, 4) is 28.6 Å². The van der Waals surface area contributed by atoms with Gasteiger partial charge in [-0.25, -0.2) is 4.98 Å². The fourth-order valence-electron chi connectivity index (χ4n) is 3.48. The van der Waals surface area contributed by atoms with E-state index >= 15 is 0 Å². The zero-order chi connectivity index (χ0) is 20.9. The fourth-order valence-corrected chi connectivity index (χ4v) is 4.21. The molecule has 0 unspecified atom stereocenters. The topological polar surface area (TPSA) is 81.4 Å². The van der Waals surface area contributed by atoms with Crippen molar-refractivity contribution in [1.29, 1.82) is 0 Å². The molecule has 1 aliphatic rings. The Hall–Kier alpha value is -2.87. The van der Waals surface area contributed by atoms with E-state index in [0.717, 1.165) is 41.3 Å². The predicted molar refractivity (Wildman–Crippen MR) is 115 cm³/mol. The van der Waals surface area contributed by atoms with Crippen LogP contribution in [0.2, 0.25) is 0 Å². The first kappa shape index (κ1) is 20.4. The lowest BCUT2D eigenvalue weighted by molar-refractivity contribution is -0.131. The maximum Gasteiger partial charge on any atom is 0.259 e. The van der Waals surface area contributed by atoms with Crippen molar-refractivity contribution < 1.29 is 14.1 Å². The second kappa shape index (κ2) is 9.30. The van der Waals surface area contributed by atoms with E-state index in [1.54, 1.807) is 13.3 Å². The second-order valence-corrected chi connectivity index (χ2v) is 8.25. The minimum absolute atomic E-state index is 0.180. The Kier molecular flexibility index (Phi) is 6.32. The van der Waals surface area contributed by atoms with Gasteiger partial charge in [-0.3, -0.25) is 4.79 Å². The van der Waals surface area contributed by atoms with Crippen LogP contribution in [-0.4, -0.2) is 51.4 Å². The van der Waals surface area contributed by atoms with E-state index in [2.05, 4.69) is 22.0 Å². The molecule has 0 bridgehead atoms. The van der Waals surface area contributed by atoms with Crippen LogP contribution in [-0.2, 0) is 4.79 Å². The lowest BCUT2D eigenvalue weighted by Crippen LogP contribution is -2.42. The number of hydrogen-bond acceptors (Lipinski definition) is 7. The van der Waals surface area contributed by atoms with Crippen molar-refractivity contribution in [3.05, 3.63) is 42.6 Å². The highest BCUT2D eigenvalue weighted by Crippen LogP contribution is 2.25. The van der Waals surface area contributed by atoms with Gasteiger partial charge in [-0.15, -0.1) is 0 Å². The van der Waals surface area contributed by atoms with Crippen LogP contribution in [0.5, 0.6) is 5.75 Å². The largest absolute Gasteiger partial charge is 0.497 e. The van der Waals surface area contributed by atoms with Gasteiger partial charge in [0.05, 0.1) is 23.5 Å². The summed E-state index contributed by atoms with van der Waals surface area (Å²) in [4.78, 5) is 23.4. The number of likely N-dealkylation sites (tertiary alicyclic amines) is 1. The minimum atomic E-state index is 0.180. The molecule has 0 radical (unpaired) electrons. The molecule has 1 amide bonds. The van der Waals surface area contributed by atoms with Crippen molar-refractivity contribution in [3.63, 3.8) is 0 Å². The van der Waals surface area contributed by atoms with E-state index in [-0.39, 0.29) is 5.91 Å². The summed E-state index contributed by atoms with van der Waals surface area (Å²) in [6.45, 7) is 2.99. The van der Waals surface area contributed by atoms with E-state index in [0.29, 0.717) is 23.5 Å². The van der Waals surface area contributed by atoms with Gasteiger partial charge in [-0.2, -0.15) is 4.98 Å². The molecule has 7 nitrogen and oxygen atoms in total. The number of pyridine rings is 1. The van der Waals surface area contributed by atoms with Crippen LogP contribution in [0.4, 0.5) is 0 Å². The summed E-state index contributed by atoms with van der Waals surface area (Å²) in [5.74, 6) is 2.27. The molecule has 3 heterocycles. The van der Waals surface area contributed by atoms with Crippen molar-refractivity contribution in [1.82, 2.24) is 20.0 Å². The normalized spacial score (nSPS) is 16.5. The van der Waals surface area contributed by atoms with E-state index < -0.39 is 0 Å². The summed E-state index contributed by atoms with van der Waals surface area (Å²) >= 11 is 1.45. The second-order valence-electron chi connectivity index (χ2n) is 7.26. The Morgan fingerprint density at radius 2 is 2.00 bits per heavy atom. The summed E-state index contributed by atoms with van der Waals surface area (Å²) in [5.41, 5.74) is 1.58. The van der Waals surface area contributed by atoms with E-state index in [1.165, 1.54) is 18.2 Å². The number of piperidine rings is 1. The van der Waals surface area contributed by atoms with Gasteiger partial charge >= 0.3 is 0 Å². The molecule has 0 aliphatic carbocycles. The summed E-state index contributed by atoms with van der Waals surface area (Å²) in [6.07, 6.45) is 5.08. The van der Waals surface area contributed by atoms with Crippen LogP contribution in [0.15, 0.2) is 52.1 Å². The molecule has 1 aliphatic heterocycles. The SMILES string of the molecule is COc1ccc(-c2noc(-c3ccc(SCC(=O)N4CCCC[C@@H]4C)nc3)n2)cc1. The quantitative estimate of drug-likeness (QED) is 0.546. The maximum atomic E-state index is 12.5. The average molecular weight is 425 g/mol. The fraction of sp³-hybridized carbons (Fsp3) is 0.364. The van der Waals surface area contributed by atoms with Gasteiger partial charge in [0.15, 0.2) is 0 Å². The first-order valence-corrected chi connectivity index (χ1v) is 11.0. The summed E-state index contributed by atoms with van der Waals surface area (Å²) in [7, 11) is 1.63. The minimum Gasteiger partial charge on any atom is -0.497 e. The zero-order valence-corrected chi connectivity index (χ0v) is 17.9. The molecular weight excluding hydrogens is 400 g/mol. The van der Waals surface area contributed by atoms with Gasteiger partial charge in [-0.1, -0.05) is 16.9 Å². The molecule has 3 aromatic rings. The van der Waals surface area contributed by atoms with Crippen molar-refractivity contribution in [2.24, 2.45) is 0 Å². The molecule has 0 spiro atoms. The number of amides is 1. The van der Waals surface area contributed by atoms with Crippen molar-refractivity contribution >= 4 is 17.7 Å². The van der Waals surface area contributed by atoms with E-state index in [9.17, 15) is 4.79 Å². The van der Waals surface area contributed by atoms with Crippen LogP contribution in [0.25, 0.3) is 22.8 Å². The zero-order valence-electron chi connectivity index (χ0n) is 17.1. The molecule has 1 fully saturated rings. The van der Waals surface area contributed by atoms with Gasteiger partial charge in [0.1, 0.15) is 5.75 Å². The Bertz CT molecular complexity index is 988. The van der Waals surface area contributed by atoms with Crippen molar-refractivity contribution in [2.75, 3.05) is 19.4 Å². The molecule has 1 atom stereocenters. The van der Waals surface area contributed by atoms with Gasteiger partial charge in [0, 0.05) is 24.3 Å². The van der Waals surface area contributed by atoms with Crippen LogP contribution < -0.4 is 4.74 Å². The molecule has 2 aromatic heterocycles. The summed E-state index contributed by atoms with van der Waals surface area (Å²) < 4.78 is 10.6. The predicted octanol–water partition coefficient (Wildman–Crippen LogP) is 4.30. The highest BCUT2D eigenvalue weighted by atomic mass is 32.2. The number of carbonyl (C=O) groups excluding carboxylic acids is 1.